The maximum Gasteiger partial charge on any atom is 0.335 e. The lowest BCUT2D eigenvalue weighted by atomic mass is 10.1. The molecule has 0 heterocycles. The molecule has 1 saturated carbocycles. The first-order valence-corrected chi connectivity index (χ1v) is 6.53. The molecule has 18 heavy (non-hydrogen) atoms. The van der Waals surface area contributed by atoms with E-state index < -0.39 is 5.97 Å². The van der Waals surface area contributed by atoms with Crippen LogP contribution in [0.2, 0.25) is 0 Å². The second kappa shape index (κ2) is 5.29. The molecule has 1 fully saturated rings. The monoisotopic (exact) mass is 248 g/mol. The number of nitrogen functional groups attached to an aromatic ring is 1. The summed E-state index contributed by atoms with van der Waals surface area (Å²) in [4.78, 5) is 13.3. The summed E-state index contributed by atoms with van der Waals surface area (Å²) in [6.45, 7) is 2.95. The van der Waals surface area contributed by atoms with Crippen molar-refractivity contribution in [3.05, 3.63) is 23.8 Å². The summed E-state index contributed by atoms with van der Waals surface area (Å²) in [5, 5.41) is 9.06. The molecule has 98 valence electrons. The van der Waals surface area contributed by atoms with Crippen molar-refractivity contribution in [1.29, 1.82) is 0 Å². The summed E-state index contributed by atoms with van der Waals surface area (Å²) >= 11 is 0. The van der Waals surface area contributed by atoms with E-state index in [0.717, 1.165) is 12.2 Å². The lowest BCUT2D eigenvalue weighted by Gasteiger charge is -2.31. The van der Waals surface area contributed by atoms with E-state index in [1.165, 1.54) is 25.7 Å². The molecular formula is C14H20N2O2. The van der Waals surface area contributed by atoms with Crippen LogP contribution in [0.4, 0.5) is 11.4 Å². The first-order valence-electron chi connectivity index (χ1n) is 6.53. The Hall–Kier alpha value is -1.71. The molecule has 0 atom stereocenters. The number of carboxylic acid groups (broad SMARTS) is 1. The topological polar surface area (TPSA) is 66.6 Å². The average molecular weight is 248 g/mol. The maximum absolute atomic E-state index is 11.0. The highest BCUT2D eigenvalue weighted by atomic mass is 16.4. The molecule has 1 aromatic rings. The number of aromatic carboxylic acids is 1. The van der Waals surface area contributed by atoms with Crippen LogP contribution in [0.3, 0.4) is 0 Å². The van der Waals surface area contributed by atoms with Gasteiger partial charge in [0.1, 0.15) is 0 Å². The molecule has 1 aliphatic carbocycles. The van der Waals surface area contributed by atoms with E-state index in [1.807, 2.05) is 0 Å². The Kier molecular flexibility index (Phi) is 3.75. The van der Waals surface area contributed by atoms with E-state index in [4.69, 9.17) is 10.8 Å². The summed E-state index contributed by atoms with van der Waals surface area (Å²) in [6, 6.07) is 5.45. The second-order valence-electron chi connectivity index (χ2n) is 4.80. The maximum atomic E-state index is 11.0. The summed E-state index contributed by atoms with van der Waals surface area (Å²) in [7, 11) is 0. The van der Waals surface area contributed by atoms with Crippen molar-refractivity contribution >= 4 is 17.3 Å². The first kappa shape index (κ1) is 12.7. The number of carbonyl (C=O) groups is 1. The zero-order valence-corrected chi connectivity index (χ0v) is 10.7. The number of benzene rings is 1. The minimum atomic E-state index is -0.904. The van der Waals surface area contributed by atoms with Crippen LogP contribution < -0.4 is 10.6 Å². The number of hydrogen-bond donors (Lipinski definition) is 2. The fourth-order valence-electron chi connectivity index (χ4n) is 2.77. The van der Waals surface area contributed by atoms with Crippen molar-refractivity contribution in [2.75, 3.05) is 17.2 Å². The molecule has 1 aromatic carbocycles. The van der Waals surface area contributed by atoms with Crippen molar-refractivity contribution in [2.24, 2.45) is 0 Å². The van der Waals surface area contributed by atoms with E-state index in [0.29, 0.717) is 17.3 Å². The van der Waals surface area contributed by atoms with Crippen molar-refractivity contribution in [3.8, 4) is 0 Å². The lowest BCUT2D eigenvalue weighted by molar-refractivity contribution is 0.0697. The summed E-state index contributed by atoms with van der Waals surface area (Å²) in [5.41, 5.74) is 7.83. The number of carboxylic acids is 1. The normalized spacial score (nSPS) is 15.8. The third kappa shape index (κ3) is 2.42. The first-order chi connectivity index (χ1) is 8.63. The van der Waals surface area contributed by atoms with Crippen LogP contribution in [0.25, 0.3) is 0 Å². The Morgan fingerprint density at radius 3 is 2.67 bits per heavy atom. The van der Waals surface area contributed by atoms with E-state index in [-0.39, 0.29) is 0 Å². The van der Waals surface area contributed by atoms with Crippen LogP contribution in [0.5, 0.6) is 0 Å². The molecule has 0 aromatic heterocycles. The van der Waals surface area contributed by atoms with Gasteiger partial charge in [-0.2, -0.15) is 0 Å². The highest BCUT2D eigenvalue weighted by Gasteiger charge is 2.23. The van der Waals surface area contributed by atoms with Crippen LogP contribution in [-0.4, -0.2) is 23.7 Å². The highest BCUT2D eigenvalue weighted by molar-refractivity contribution is 5.90. The molecule has 0 unspecified atom stereocenters. The Bertz CT molecular complexity index is 439. The average Bonchev–Trinajstić information content (AvgIpc) is 2.86. The van der Waals surface area contributed by atoms with Crippen LogP contribution in [0.1, 0.15) is 43.0 Å². The molecule has 0 amide bonds. The Labute approximate surface area is 107 Å². The third-order valence-electron chi connectivity index (χ3n) is 3.69. The largest absolute Gasteiger partial charge is 0.478 e. The molecule has 0 saturated heterocycles. The highest BCUT2D eigenvalue weighted by Crippen LogP contribution is 2.32. The molecular weight excluding hydrogens is 228 g/mol. The van der Waals surface area contributed by atoms with E-state index >= 15 is 0 Å². The standard InChI is InChI=1S/C14H20N2O2/c1-2-16(11-5-3-4-6-11)13-9-10(14(17)18)7-8-12(13)15/h7-9,11H,2-6,15H2,1H3,(H,17,18). The van der Waals surface area contributed by atoms with Gasteiger partial charge in [0, 0.05) is 12.6 Å². The van der Waals surface area contributed by atoms with Gasteiger partial charge in [-0.1, -0.05) is 12.8 Å². The molecule has 4 nitrogen and oxygen atoms in total. The van der Waals surface area contributed by atoms with Gasteiger partial charge in [0.25, 0.3) is 0 Å². The van der Waals surface area contributed by atoms with E-state index in [1.54, 1.807) is 18.2 Å². The quantitative estimate of drug-likeness (QED) is 0.804. The van der Waals surface area contributed by atoms with Crippen LogP contribution >= 0.6 is 0 Å². The molecule has 0 bridgehead atoms. The van der Waals surface area contributed by atoms with Crippen molar-refractivity contribution in [3.63, 3.8) is 0 Å². The van der Waals surface area contributed by atoms with Crippen molar-refractivity contribution < 1.29 is 9.90 Å². The molecule has 0 spiro atoms. The lowest BCUT2D eigenvalue weighted by Crippen LogP contribution is -2.33. The Balaban J connectivity index is 2.34. The van der Waals surface area contributed by atoms with Gasteiger partial charge in [0.2, 0.25) is 0 Å². The van der Waals surface area contributed by atoms with Gasteiger partial charge in [-0.15, -0.1) is 0 Å². The Morgan fingerprint density at radius 1 is 1.44 bits per heavy atom. The van der Waals surface area contributed by atoms with Crippen molar-refractivity contribution in [2.45, 2.75) is 38.6 Å². The van der Waals surface area contributed by atoms with Crippen LogP contribution in [0.15, 0.2) is 18.2 Å². The van der Waals surface area contributed by atoms with E-state index in [9.17, 15) is 4.79 Å². The Morgan fingerprint density at radius 2 is 2.11 bits per heavy atom. The number of anilines is 2. The van der Waals surface area contributed by atoms with Gasteiger partial charge in [-0.05, 0) is 38.0 Å². The smallest absolute Gasteiger partial charge is 0.335 e. The van der Waals surface area contributed by atoms with E-state index in [2.05, 4.69) is 11.8 Å². The van der Waals surface area contributed by atoms with Crippen LogP contribution in [0, 0.1) is 0 Å². The molecule has 0 aliphatic heterocycles. The fraction of sp³-hybridized carbons (Fsp3) is 0.500. The summed E-state index contributed by atoms with van der Waals surface area (Å²) in [6.07, 6.45) is 4.84. The number of nitrogens with zero attached hydrogens (tertiary/aromatic N) is 1. The molecule has 1 aliphatic rings. The molecule has 4 heteroatoms. The van der Waals surface area contributed by atoms with Gasteiger partial charge < -0.3 is 15.7 Å². The fourth-order valence-corrected chi connectivity index (χ4v) is 2.77. The minimum absolute atomic E-state index is 0.302. The molecule has 0 radical (unpaired) electrons. The van der Waals surface area contributed by atoms with Gasteiger partial charge in [-0.3, -0.25) is 0 Å². The predicted octanol–water partition coefficient (Wildman–Crippen LogP) is 2.74. The number of rotatable bonds is 4. The zero-order chi connectivity index (χ0) is 13.1. The minimum Gasteiger partial charge on any atom is -0.478 e. The second-order valence-corrected chi connectivity index (χ2v) is 4.80. The predicted molar refractivity (Wildman–Crippen MR) is 73.1 cm³/mol. The summed E-state index contributed by atoms with van der Waals surface area (Å²) in [5.74, 6) is -0.904. The third-order valence-corrected chi connectivity index (χ3v) is 3.69. The number of nitrogens with two attached hydrogens (primary N) is 1. The number of hydrogen-bond acceptors (Lipinski definition) is 3. The van der Waals surface area contributed by atoms with Gasteiger partial charge in [0.15, 0.2) is 0 Å². The van der Waals surface area contributed by atoms with Gasteiger partial charge in [-0.25, -0.2) is 4.79 Å². The van der Waals surface area contributed by atoms with Crippen LogP contribution in [-0.2, 0) is 0 Å². The van der Waals surface area contributed by atoms with Crippen molar-refractivity contribution in [1.82, 2.24) is 0 Å². The summed E-state index contributed by atoms with van der Waals surface area (Å²) < 4.78 is 0. The van der Waals surface area contributed by atoms with Gasteiger partial charge >= 0.3 is 5.97 Å². The zero-order valence-electron chi connectivity index (χ0n) is 10.7. The van der Waals surface area contributed by atoms with Gasteiger partial charge in [0.05, 0.1) is 16.9 Å². The SMILES string of the molecule is CCN(c1cc(C(=O)O)ccc1N)C1CCCC1. The molecule has 3 N–H and O–H groups in total. The molecule has 2 rings (SSSR count).